The molecule has 69 heavy (non-hydrogen) atoms. The fourth-order valence-electron chi connectivity index (χ4n) is 13.0. The highest BCUT2D eigenvalue weighted by atomic mass is 15.2. The molecule has 0 spiro atoms. The van der Waals surface area contributed by atoms with Gasteiger partial charge in [0.1, 0.15) is 0 Å². The van der Waals surface area contributed by atoms with Crippen LogP contribution in [0.2, 0.25) is 0 Å². The summed E-state index contributed by atoms with van der Waals surface area (Å²) in [5.74, 6) is 0. The molecule has 9 aromatic carbocycles. The number of para-hydroxylation sites is 2. The van der Waals surface area contributed by atoms with Crippen LogP contribution < -0.4 is 20.6 Å². The van der Waals surface area contributed by atoms with Crippen molar-refractivity contribution >= 4 is 46.2 Å². The molecule has 9 aromatic rings. The van der Waals surface area contributed by atoms with E-state index in [1.165, 1.54) is 117 Å². The molecule has 4 aliphatic rings. The highest BCUT2D eigenvalue weighted by Crippen LogP contribution is 2.62. The van der Waals surface area contributed by atoms with Crippen LogP contribution in [0.1, 0.15) is 99.9 Å². The summed E-state index contributed by atoms with van der Waals surface area (Å²) < 4.78 is 0. The largest absolute Gasteiger partial charge is 0.376 e. The third-order valence-electron chi connectivity index (χ3n) is 16.2. The van der Waals surface area contributed by atoms with Gasteiger partial charge in [-0.15, -0.1) is 0 Å². The van der Waals surface area contributed by atoms with E-state index >= 15 is 0 Å². The maximum atomic E-state index is 2.77. The Morgan fingerprint density at radius 1 is 0.406 bits per heavy atom. The van der Waals surface area contributed by atoms with Gasteiger partial charge in [0.2, 0.25) is 0 Å². The molecular weight excluding hydrogens is 832 g/mol. The van der Waals surface area contributed by atoms with Crippen LogP contribution in [0.3, 0.4) is 0 Å². The SMILES string of the molecule is CC(C)(C)c1ccc(N2c3cc(C(C)(C)C)cc4c3B(c3ccc5c(c32)C(C)(C)c2ccccc2-5)N2c3ccccc3C(c3ccccc3)(c3ccccc3)c3cccc-4c32)c(-c2ccccc2)c1. The van der Waals surface area contributed by atoms with Crippen molar-refractivity contribution in [3.05, 3.63) is 245 Å². The van der Waals surface area contributed by atoms with E-state index in [0.717, 1.165) is 0 Å². The minimum atomic E-state index is -0.576. The maximum Gasteiger partial charge on any atom is 0.333 e. The van der Waals surface area contributed by atoms with Crippen LogP contribution in [0.25, 0.3) is 33.4 Å². The number of fused-ring (bicyclic) bond motifs is 10. The molecule has 334 valence electrons. The predicted octanol–water partition coefficient (Wildman–Crippen LogP) is 15.7. The zero-order valence-electron chi connectivity index (χ0n) is 41.0. The smallest absolute Gasteiger partial charge is 0.333 e. The van der Waals surface area contributed by atoms with E-state index in [1.54, 1.807) is 0 Å². The second-order valence-electron chi connectivity index (χ2n) is 22.5. The number of anilines is 5. The summed E-state index contributed by atoms with van der Waals surface area (Å²) >= 11 is 0. The van der Waals surface area contributed by atoms with Crippen LogP contribution in [0.4, 0.5) is 28.4 Å². The van der Waals surface area contributed by atoms with Crippen LogP contribution in [-0.2, 0) is 21.7 Å². The normalized spacial score (nSPS) is 15.4. The Balaban J connectivity index is 1.22. The lowest BCUT2D eigenvalue weighted by atomic mass is 9.41. The van der Waals surface area contributed by atoms with Gasteiger partial charge in [0, 0.05) is 39.3 Å². The first-order valence-electron chi connectivity index (χ1n) is 24.9. The maximum absolute atomic E-state index is 2.77. The van der Waals surface area contributed by atoms with E-state index in [9.17, 15) is 0 Å². The molecule has 0 saturated carbocycles. The minimum Gasteiger partial charge on any atom is -0.376 e. The fourth-order valence-corrected chi connectivity index (χ4v) is 13.0. The Bertz CT molecular complexity index is 3520. The van der Waals surface area contributed by atoms with Crippen LogP contribution in [0.5, 0.6) is 0 Å². The molecule has 3 heterocycles. The lowest BCUT2D eigenvalue weighted by Crippen LogP contribution is -2.63. The molecule has 0 amide bonds. The van der Waals surface area contributed by atoms with E-state index in [4.69, 9.17) is 0 Å². The lowest BCUT2D eigenvalue weighted by molar-refractivity contribution is 0.590. The first kappa shape index (κ1) is 41.8. The summed E-state index contributed by atoms with van der Waals surface area (Å²) in [6, 6.07) is 76.7. The molecular formula is C66H57BN2. The minimum absolute atomic E-state index is 0.0407. The van der Waals surface area contributed by atoms with Gasteiger partial charge in [-0.25, -0.2) is 0 Å². The van der Waals surface area contributed by atoms with E-state index < -0.39 is 5.41 Å². The number of hydrogen-bond donors (Lipinski definition) is 0. The molecule has 2 nitrogen and oxygen atoms in total. The molecule has 0 saturated heterocycles. The molecule has 0 aromatic heterocycles. The molecule has 3 aliphatic heterocycles. The van der Waals surface area contributed by atoms with Crippen molar-refractivity contribution in [3.63, 3.8) is 0 Å². The second-order valence-corrected chi connectivity index (χ2v) is 22.5. The molecule has 0 radical (unpaired) electrons. The van der Waals surface area contributed by atoms with Crippen molar-refractivity contribution in [2.45, 2.75) is 77.0 Å². The van der Waals surface area contributed by atoms with Crippen molar-refractivity contribution in [3.8, 4) is 33.4 Å². The Labute approximate surface area is 409 Å². The Morgan fingerprint density at radius 2 is 0.986 bits per heavy atom. The van der Waals surface area contributed by atoms with Crippen molar-refractivity contribution < 1.29 is 0 Å². The average Bonchev–Trinajstić information content (AvgIpc) is 3.60. The Kier molecular flexibility index (Phi) is 8.83. The van der Waals surface area contributed by atoms with E-state index in [-0.39, 0.29) is 23.1 Å². The van der Waals surface area contributed by atoms with Gasteiger partial charge >= 0.3 is 6.85 Å². The van der Waals surface area contributed by atoms with Gasteiger partial charge in [-0.2, -0.15) is 0 Å². The summed E-state index contributed by atoms with van der Waals surface area (Å²) in [6.45, 7) is 18.9. The monoisotopic (exact) mass is 888 g/mol. The molecule has 13 rings (SSSR count). The van der Waals surface area contributed by atoms with Gasteiger partial charge in [0.15, 0.2) is 0 Å². The third kappa shape index (κ3) is 5.74. The molecule has 0 unspecified atom stereocenters. The zero-order chi connectivity index (χ0) is 47.2. The fraction of sp³-hybridized carbons (Fsp3) is 0.182. The van der Waals surface area contributed by atoms with Crippen molar-refractivity contribution in [1.82, 2.24) is 0 Å². The molecule has 3 heteroatoms. The van der Waals surface area contributed by atoms with Gasteiger partial charge in [-0.1, -0.05) is 231 Å². The quantitative estimate of drug-likeness (QED) is 0.163. The lowest BCUT2D eigenvalue weighted by Gasteiger charge is -2.53. The molecule has 0 atom stereocenters. The predicted molar refractivity (Wildman–Crippen MR) is 292 cm³/mol. The molecule has 0 N–H and O–H groups in total. The first-order chi connectivity index (χ1) is 33.3. The highest BCUT2D eigenvalue weighted by molar-refractivity contribution is 6.94. The standard InChI is InChI=1S/C66H57BN2/c1-63(2,3)45-35-38-56(50(39-45)42-23-12-9-13-24-42)68-58-41-46(64(4,5)6)40-51-49-30-22-33-54-61(49)69(57-34-21-20-32-53(57)66(54,43-25-14-10-15-26-43)44-27-16-11-17-28-44)67(60(51)58)55-37-36-48-47-29-18-19-31-52(47)65(7,8)59(48)62(55)68/h9-41H,1-8H3. The van der Waals surface area contributed by atoms with Crippen molar-refractivity contribution in [2.75, 3.05) is 9.71 Å². The summed E-state index contributed by atoms with van der Waals surface area (Å²) in [6.07, 6.45) is 0. The van der Waals surface area contributed by atoms with Gasteiger partial charge in [0.05, 0.1) is 11.1 Å². The van der Waals surface area contributed by atoms with E-state index in [0.29, 0.717) is 0 Å². The highest BCUT2D eigenvalue weighted by Gasteiger charge is 2.55. The van der Waals surface area contributed by atoms with E-state index in [1.807, 2.05) is 0 Å². The second kappa shape index (κ2) is 14.6. The number of hydrogen-bond acceptors (Lipinski definition) is 2. The first-order valence-corrected chi connectivity index (χ1v) is 24.9. The van der Waals surface area contributed by atoms with Gasteiger partial charge in [0.25, 0.3) is 0 Å². The number of nitrogens with zero attached hydrogens (tertiary/aromatic N) is 2. The third-order valence-corrected chi connectivity index (χ3v) is 16.2. The Hall–Kier alpha value is -7.36. The molecule has 0 fully saturated rings. The van der Waals surface area contributed by atoms with Crippen molar-refractivity contribution in [2.24, 2.45) is 0 Å². The van der Waals surface area contributed by atoms with Crippen LogP contribution in [-0.4, -0.2) is 6.85 Å². The van der Waals surface area contributed by atoms with Gasteiger partial charge in [-0.05, 0) is 113 Å². The van der Waals surface area contributed by atoms with Crippen LogP contribution in [0, 0.1) is 0 Å². The van der Waals surface area contributed by atoms with Gasteiger partial charge in [-0.3, -0.25) is 0 Å². The van der Waals surface area contributed by atoms with Crippen molar-refractivity contribution in [1.29, 1.82) is 0 Å². The Morgan fingerprint density at radius 3 is 1.67 bits per heavy atom. The number of benzene rings is 9. The summed E-state index contributed by atoms with van der Waals surface area (Å²) in [5.41, 5.74) is 26.2. The van der Waals surface area contributed by atoms with Crippen LogP contribution in [0.15, 0.2) is 200 Å². The molecule has 0 bridgehead atoms. The summed E-state index contributed by atoms with van der Waals surface area (Å²) in [7, 11) is 0. The van der Waals surface area contributed by atoms with Gasteiger partial charge < -0.3 is 9.71 Å². The molecule has 1 aliphatic carbocycles. The summed E-state index contributed by atoms with van der Waals surface area (Å²) in [4.78, 5) is 5.50. The van der Waals surface area contributed by atoms with E-state index in [2.05, 4.69) is 265 Å². The van der Waals surface area contributed by atoms with Crippen LogP contribution >= 0.6 is 0 Å². The topological polar surface area (TPSA) is 6.48 Å². The average molecular weight is 889 g/mol. The summed E-state index contributed by atoms with van der Waals surface area (Å²) in [5, 5.41) is 0. The zero-order valence-corrected chi connectivity index (χ0v) is 41.0. The number of rotatable bonds is 4.